The van der Waals surface area contributed by atoms with Crippen molar-refractivity contribution in [3.63, 3.8) is 0 Å². The summed E-state index contributed by atoms with van der Waals surface area (Å²) in [5.74, 6) is -1.01. The van der Waals surface area contributed by atoms with Crippen LogP contribution in [0.25, 0.3) is 10.9 Å². The highest BCUT2D eigenvalue weighted by atomic mass is 79.9. The van der Waals surface area contributed by atoms with Gasteiger partial charge >= 0.3 is 5.97 Å². The van der Waals surface area contributed by atoms with Crippen LogP contribution in [0.15, 0.2) is 34.8 Å². The SMILES string of the molecule is NC(Cc1ccc2cccc(Br)c2n1)C(=O)O. The molecule has 0 radical (unpaired) electrons. The fourth-order valence-electron chi connectivity index (χ4n) is 1.58. The second-order valence-corrected chi connectivity index (χ2v) is 4.62. The molecule has 5 heteroatoms. The van der Waals surface area contributed by atoms with E-state index in [0.29, 0.717) is 5.69 Å². The minimum Gasteiger partial charge on any atom is -0.480 e. The molecule has 3 N–H and O–H groups in total. The number of rotatable bonds is 3. The number of carbonyl (C=O) groups is 1. The van der Waals surface area contributed by atoms with E-state index in [9.17, 15) is 4.79 Å². The van der Waals surface area contributed by atoms with E-state index in [1.54, 1.807) is 6.07 Å². The van der Waals surface area contributed by atoms with Crippen LogP contribution >= 0.6 is 15.9 Å². The number of aliphatic carboxylic acids is 1. The zero-order chi connectivity index (χ0) is 12.4. The van der Waals surface area contributed by atoms with Gasteiger partial charge in [0.1, 0.15) is 6.04 Å². The predicted molar refractivity (Wildman–Crippen MR) is 68.8 cm³/mol. The Hall–Kier alpha value is -1.46. The maximum Gasteiger partial charge on any atom is 0.320 e. The molecule has 1 unspecified atom stereocenters. The van der Waals surface area contributed by atoms with Crippen LogP contribution in [0.1, 0.15) is 5.69 Å². The van der Waals surface area contributed by atoms with E-state index in [1.165, 1.54) is 0 Å². The molecule has 4 nitrogen and oxygen atoms in total. The number of carboxylic acid groups (broad SMARTS) is 1. The topological polar surface area (TPSA) is 76.2 Å². The summed E-state index contributed by atoms with van der Waals surface area (Å²) in [4.78, 5) is 15.1. The van der Waals surface area contributed by atoms with Gasteiger partial charge in [0.15, 0.2) is 0 Å². The standard InChI is InChI=1S/C12H11BrN2O2/c13-9-3-1-2-7-4-5-8(15-11(7)9)6-10(14)12(16)17/h1-5,10H,6,14H2,(H,16,17). The number of nitrogens with zero attached hydrogens (tertiary/aromatic N) is 1. The quantitative estimate of drug-likeness (QED) is 0.907. The van der Waals surface area contributed by atoms with Crippen LogP contribution in [0.3, 0.4) is 0 Å². The first-order valence-electron chi connectivity index (χ1n) is 5.10. The van der Waals surface area contributed by atoms with Crippen LogP contribution in [0.2, 0.25) is 0 Å². The van der Waals surface area contributed by atoms with Crippen molar-refractivity contribution in [2.45, 2.75) is 12.5 Å². The van der Waals surface area contributed by atoms with Gasteiger partial charge in [0.2, 0.25) is 0 Å². The molecular formula is C12H11BrN2O2. The number of hydrogen-bond acceptors (Lipinski definition) is 3. The van der Waals surface area contributed by atoms with Crippen molar-refractivity contribution < 1.29 is 9.90 Å². The summed E-state index contributed by atoms with van der Waals surface area (Å²) in [6.07, 6.45) is 0.229. The second-order valence-electron chi connectivity index (χ2n) is 3.76. The van der Waals surface area contributed by atoms with Crippen LogP contribution in [0.4, 0.5) is 0 Å². The second kappa shape index (κ2) is 4.81. The lowest BCUT2D eigenvalue weighted by Gasteiger charge is -2.07. The third kappa shape index (κ3) is 2.62. The van der Waals surface area contributed by atoms with Gasteiger partial charge in [-0.1, -0.05) is 18.2 Å². The van der Waals surface area contributed by atoms with E-state index in [1.807, 2.05) is 24.3 Å². The van der Waals surface area contributed by atoms with Crippen molar-refractivity contribution in [1.29, 1.82) is 0 Å². The van der Waals surface area contributed by atoms with Crippen molar-refractivity contribution in [3.8, 4) is 0 Å². The largest absolute Gasteiger partial charge is 0.480 e. The highest BCUT2D eigenvalue weighted by molar-refractivity contribution is 9.10. The molecule has 0 spiro atoms. The average Bonchev–Trinajstić information content (AvgIpc) is 2.30. The Bertz CT molecular complexity index is 571. The minimum absolute atomic E-state index is 0.229. The van der Waals surface area contributed by atoms with Crippen LogP contribution < -0.4 is 5.73 Å². The van der Waals surface area contributed by atoms with Crippen molar-refractivity contribution >= 4 is 32.8 Å². The highest BCUT2D eigenvalue weighted by Gasteiger charge is 2.13. The van der Waals surface area contributed by atoms with Crippen LogP contribution in [-0.2, 0) is 11.2 Å². The van der Waals surface area contributed by atoms with Gasteiger partial charge in [-0.2, -0.15) is 0 Å². The number of carboxylic acids is 1. The Morgan fingerprint density at radius 1 is 1.41 bits per heavy atom. The Labute approximate surface area is 107 Å². The first-order valence-corrected chi connectivity index (χ1v) is 5.90. The summed E-state index contributed by atoms with van der Waals surface area (Å²) < 4.78 is 0.890. The van der Waals surface area contributed by atoms with Crippen molar-refractivity contribution in [2.24, 2.45) is 5.73 Å². The molecule has 1 aromatic carbocycles. The average molecular weight is 295 g/mol. The first-order chi connectivity index (χ1) is 8.08. The molecule has 1 aromatic heterocycles. The molecular weight excluding hydrogens is 284 g/mol. The molecule has 0 aliphatic carbocycles. The third-order valence-corrected chi connectivity index (χ3v) is 3.11. The van der Waals surface area contributed by atoms with E-state index in [4.69, 9.17) is 10.8 Å². The molecule has 0 fully saturated rings. The first kappa shape index (κ1) is 12.0. The summed E-state index contributed by atoms with van der Waals surface area (Å²) in [6.45, 7) is 0. The fourth-order valence-corrected chi connectivity index (χ4v) is 2.05. The molecule has 2 rings (SSSR count). The molecule has 0 aliphatic heterocycles. The molecule has 0 aliphatic rings. The molecule has 1 heterocycles. The number of pyridine rings is 1. The normalized spacial score (nSPS) is 12.6. The molecule has 0 saturated carbocycles. The Morgan fingerprint density at radius 2 is 2.18 bits per heavy atom. The van der Waals surface area contributed by atoms with Crippen molar-refractivity contribution in [1.82, 2.24) is 4.98 Å². The van der Waals surface area contributed by atoms with Crippen molar-refractivity contribution in [3.05, 3.63) is 40.5 Å². The minimum atomic E-state index is -1.01. The number of aromatic nitrogens is 1. The van der Waals surface area contributed by atoms with E-state index < -0.39 is 12.0 Å². The lowest BCUT2D eigenvalue weighted by Crippen LogP contribution is -2.32. The zero-order valence-corrected chi connectivity index (χ0v) is 10.5. The van der Waals surface area contributed by atoms with Crippen LogP contribution in [0, 0.1) is 0 Å². The van der Waals surface area contributed by atoms with Gasteiger partial charge in [0, 0.05) is 22.0 Å². The Morgan fingerprint density at radius 3 is 2.88 bits per heavy atom. The van der Waals surface area contributed by atoms with E-state index in [0.717, 1.165) is 15.4 Å². The number of fused-ring (bicyclic) bond motifs is 1. The highest BCUT2D eigenvalue weighted by Crippen LogP contribution is 2.22. The monoisotopic (exact) mass is 294 g/mol. The Balaban J connectivity index is 2.37. The number of nitrogens with two attached hydrogens (primary N) is 1. The van der Waals surface area contributed by atoms with Gasteiger partial charge in [0.25, 0.3) is 0 Å². The summed E-state index contributed by atoms with van der Waals surface area (Å²) in [5, 5.41) is 9.76. The molecule has 0 saturated heterocycles. The van der Waals surface area contributed by atoms with Gasteiger partial charge in [0.05, 0.1) is 5.52 Å². The van der Waals surface area contributed by atoms with E-state index in [2.05, 4.69) is 20.9 Å². The fraction of sp³-hybridized carbons (Fsp3) is 0.167. The van der Waals surface area contributed by atoms with Gasteiger partial charge in [-0.05, 0) is 28.1 Å². The summed E-state index contributed by atoms with van der Waals surface area (Å²) in [5.41, 5.74) is 6.98. The lowest BCUT2D eigenvalue weighted by atomic mass is 10.1. The summed E-state index contributed by atoms with van der Waals surface area (Å²) in [7, 11) is 0. The molecule has 0 bridgehead atoms. The smallest absolute Gasteiger partial charge is 0.320 e. The number of halogens is 1. The zero-order valence-electron chi connectivity index (χ0n) is 8.93. The van der Waals surface area contributed by atoms with Gasteiger partial charge in [-0.15, -0.1) is 0 Å². The maximum absolute atomic E-state index is 10.7. The lowest BCUT2D eigenvalue weighted by molar-refractivity contribution is -0.138. The van der Waals surface area contributed by atoms with E-state index >= 15 is 0 Å². The molecule has 88 valence electrons. The van der Waals surface area contributed by atoms with Crippen LogP contribution in [0.5, 0.6) is 0 Å². The van der Waals surface area contributed by atoms with Gasteiger partial charge < -0.3 is 10.8 Å². The van der Waals surface area contributed by atoms with Crippen LogP contribution in [-0.4, -0.2) is 22.1 Å². The predicted octanol–water partition coefficient (Wildman–Crippen LogP) is 1.95. The Kier molecular flexibility index (Phi) is 3.40. The van der Waals surface area contributed by atoms with Crippen molar-refractivity contribution in [2.75, 3.05) is 0 Å². The molecule has 0 amide bonds. The molecule has 2 aromatic rings. The maximum atomic E-state index is 10.7. The number of para-hydroxylation sites is 1. The van der Waals surface area contributed by atoms with Gasteiger partial charge in [-0.3, -0.25) is 9.78 Å². The van der Waals surface area contributed by atoms with Gasteiger partial charge in [-0.25, -0.2) is 0 Å². The third-order valence-electron chi connectivity index (χ3n) is 2.47. The summed E-state index contributed by atoms with van der Waals surface area (Å²) >= 11 is 3.42. The molecule has 1 atom stereocenters. The summed E-state index contributed by atoms with van der Waals surface area (Å²) in [6, 6.07) is 8.58. The number of benzene rings is 1. The van der Waals surface area contributed by atoms with E-state index in [-0.39, 0.29) is 6.42 Å². The number of hydrogen-bond donors (Lipinski definition) is 2. The molecule has 17 heavy (non-hydrogen) atoms.